The smallest absolute Gasteiger partial charge is 0.206 e. The second-order valence-corrected chi connectivity index (χ2v) is 5.58. The summed E-state index contributed by atoms with van der Waals surface area (Å²) in [6, 6.07) is 10.2. The van der Waals surface area contributed by atoms with Crippen molar-refractivity contribution in [2.75, 3.05) is 0 Å². The molecule has 0 saturated carbocycles. The van der Waals surface area contributed by atoms with Gasteiger partial charge < -0.3 is 4.57 Å². The van der Waals surface area contributed by atoms with Crippen LogP contribution < -0.4 is 0 Å². The van der Waals surface area contributed by atoms with Crippen molar-refractivity contribution in [1.29, 1.82) is 0 Å². The highest BCUT2D eigenvalue weighted by Gasteiger charge is 2.26. The number of hydrogen-bond acceptors (Lipinski definition) is 1. The van der Waals surface area contributed by atoms with E-state index in [-0.39, 0.29) is 5.78 Å². The Morgan fingerprint density at radius 2 is 2.05 bits per heavy atom. The molecule has 0 fully saturated rings. The van der Waals surface area contributed by atoms with Gasteiger partial charge in [-0.3, -0.25) is 4.79 Å². The highest BCUT2D eigenvalue weighted by Crippen LogP contribution is 2.28. The lowest BCUT2D eigenvalue weighted by Crippen LogP contribution is -1.95. The van der Waals surface area contributed by atoms with Crippen LogP contribution in [0.1, 0.15) is 49.5 Å². The maximum Gasteiger partial charge on any atom is 0.206 e. The average Bonchev–Trinajstić information content (AvgIpc) is 2.97. The molecular weight excluding hydrogens is 246 g/mol. The zero-order valence-corrected chi connectivity index (χ0v) is 12.1. The molecule has 20 heavy (non-hydrogen) atoms. The SMILES string of the molecule is CCCCCC/C=C1\Cn2c(cc3ccccc32)C1=O. The van der Waals surface area contributed by atoms with Gasteiger partial charge in [0.25, 0.3) is 0 Å². The lowest BCUT2D eigenvalue weighted by Gasteiger charge is -2.00. The second-order valence-electron chi connectivity index (χ2n) is 5.58. The molecule has 0 radical (unpaired) electrons. The molecule has 0 spiro atoms. The molecule has 0 atom stereocenters. The summed E-state index contributed by atoms with van der Waals surface area (Å²) in [5.74, 6) is 0.219. The van der Waals surface area contributed by atoms with Crippen molar-refractivity contribution in [2.45, 2.75) is 45.6 Å². The molecule has 104 valence electrons. The first-order chi connectivity index (χ1) is 9.81. The fourth-order valence-electron chi connectivity index (χ4n) is 2.98. The molecule has 2 heterocycles. The number of ketones is 1. The normalized spacial score (nSPS) is 16.2. The van der Waals surface area contributed by atoms with E-state index in [1.807, 2.05) is 18.2 Å². The summed E-state index contributed by atoms with van der Waals surface area (Å²) in [6.07, 6.45) is 8.20. The van der Waals surface area contributed by atoms with Crippen LogP contribution in [-0.2, 0) is 6.54 Å². The number of hydrogen-bond donors (Lipinski definition) is 0. The predicted molar refractivity (Wildman–Crippen MR) is 83.1 cm³/mol. The van der Waals surface area contributed by atoms with Gasteiger partial charge in [-0.1, -0.05) is 50.5 Å². The van der Waals surface area contributed by atoms with Crippen LogP contribution in [0.2, 0.25) is 0 Å². The molecule has 3 rings (SSSR count). The lowest BCUT2D eigenvalue weighted by atomic mass is 10.1. The summed E-state index contributed by atoms with van der Waals surface area (Å²) in [5, 5.41) is 1.16. The number of rotatable bonds is 5. The lowest BCUT2D eigenvalue weighted by molar-refractivity contribution is 0.103. The number of allylic oxidation sites excluding steroid dienone is 2. The second kappa shape index (κ2) is 5.66. The number of fused-ring (bicyclic) bond motifs is 3. The molecule has 0 bridgehead atoms. The van der Waals surface area contributed by atoms with Crippen LogP contribution in [0.4, 0.5) is 0 Å². The van der Waals surface area contributed by atoms with Gasteiger partial charge in [0.1, 0.15) is 0 Å². The fourth-order valence-corrected chi connectivity index (χ4v) is 2.98. The zero-order valence-electron chi connectivity index (χ0n) is 12.1. The van der Waals surface area contributed by atoms with Gasteiger partial charge in [-0.15, -0.1) is 0 Å². The first kappa shape index (κ1) is 13.2. The summed E-state index contributed by atoms with van der Waals surface area (Å²) in [6.45, 7) is 2.97. The van der Waals surface area contributed by atoms with E-state index in [4.69, 9.17) is 0 Å². The highest BCUT2D eigenvalue weighted by atomic mass is 16.1. The van der Waals surface area contributed by atoms with E-state index in [1.54, 1.807) is 0 Å². The summed E-state index contributed by atoms with van der Waals surface area (Å²) in [7, 11) is 0. The number of para-hydroxylation sites is 1. The third kappa shape index (κ3) is 2.31. The summed E-state index contributed by atoms with van der Waals surface area (Å²) >= 11 is 0. The number of unbranched alkanes of at least 4 members (excludes halogenated alkanes) is 4. The van der Waals surface area contributed by atoms with Crippen molar-refractivity contribution in [1.82, 2.24) is 4.57 Å². The van der Waals surface area contributed by atoms with Crippen LogP contribution in [0.15, 0.2) is 42.0 Å². The minimum absolute atomic E-state index is 0.219. The molecule has 0 aliphatic carbocycles. The maximum absolute atomic E-state index is 12.4. The van der Waals surface area contributed by atoms with Crippen LogP contribution in [-0.4, -0.2) is 10.4 Å². The number of carbonyl (C=O) groups excluding carboxylic acids is 1. The average molecular weight is 267 g/mol. The quantitative estimate of drug-likeness (QED) is 0.567. The van der Waals surface area contributed by atoms with E-state index >= 15 is 0 Å². The molecule has 0 N–H and O–H groups in total. The topological polar surface area (TPSA) is 22.0 Å². The first-order valence-electron chi connectivity index (χ1n) is 7.63. The number of benzene rings is 1. The van der Waals surface area contributed by atoms with Crippen molar-refractivity contribution < 1.29 is 4.79 Å². The Kier molecular flexibility index (Phi) is 3.72. The molecule has 1 aromatic heterocycles. The van der Waals surface area contributed by atoms with Crippen molar-refractivity contribution in [3.8, 4) is 0 Å². The van der Waals surface area contributed by atoms with Gasteiger partial charge in [0.05, 0.1) is 12.2 Å². The van der Waals surface area contributed by atoms with Gasteiger partial charge in [0.15, 0.2) is 0 Å². The van der Waals surface area contributed by atoms with Crippen molar-refractivity contribution in [3.05, 3.63) is 47.7 Å². The van der Waals surface area contributed by atoms with Crippen molar-refractivity contribution in [3.63, 3.8) is 0 Å². The van der Waals surface area contributed by atoms with Crippen LogP contribution in [0.3, 0.4) is 0 Å². The molecule has 0 amide bonds. The molecule has 2 nitrogen and oxygen atoms in total. The monoisotopic (exact) mass is 267 g/mol. The first-order valence-corrected chi connectivity index (χ1v) is 7.63. The van der Waals surface area contributed by atoms with Crippen molar-refractivity contribution in [2.24, 2.45) is 0 Å². The number of aromatic nitrogens is 1. The van der Waals surface area contributed by atoms with Crippen molar-refractivity contribution >= 4 is 16.7 Å². The zero-order chi connectivity index (χ0) is 13.9. The summed E-state index contributed by atoms with van der Waals surface area (Å²) in [4.78, 5) is 12.4. The fraction of sp³-hybridized carbons (Fsp3) is 0.389. The Balaban J connectivity index is 1.75. The molecule has 2 aromatic rings. The number of Topliss-reactive ketones (excluding diaryl/α,β-unsaturated/α-hetero) is 1. The highest BCUT2D eigenvalue weighted by molar-refractivity contribution is 6.12. The predicted octanol–water partition coefficient (Wildman–Crippen LogP) is 4.73. The van der Waals surface area contributed by atoms with Crippen LogP contribution in [0, 0.1) is 0 Å². The Labute approximate surface area is 120 Å². The van der Waals surface area contributed by atoms with Gasteiger partial charge in [-0.25, -0.2) is 0 Å². The van der Waals surface area contributed by atoms with E-state index in [0.29, 0.717) is 0 Å². The summed E-state index contributed by atoms with van der Waals surface area (Å²) in [5.41, 5.74) is 3.00. The van der Waals surface area contributed by atoms with Gasteiger partial charge in [0, 0.05) is 16.5 Å². The maximum atomic E-state index is 12.4. The van der Waals surface area contributed by atoms with Crippen LogP contribution in [0.25, 0.3) is 10.9 Å². The van der Waals surface area contributed by atoms with E-state index in [1.165, 1.54) is 31.2 Å². The van der Waals surface area contributed by atoms with E-state index in [2.05, 4.69) is 29.7 Å². The van der Waals surface area contributed by atoms with E-state index < -0.39 is 0 Å². The Morgan fingerprint density at radius 1 is 1.20 bits per heavy atom. The molecule has 2 heteroatoms. The molecular formula is C18H21NO. The molecule has 1 aromatic carbocycles. The molecule has 0 unspecified atom stereocenters. The van der Waals surface area contributed by atoms with E-state index in [9.17, 15) is 4.79 Å². The largest absolute Gasteiger partial charge is 0.333 e. The standard InChI is InChI=1S/C18H21NO/c1-2-3-4-5-6-10-15-13-19-16-11-8-7-9-14(16)12-17(19)18(15)20/h7-12H,2-6,13H2,1H3/b15-10+. The third-order valence-electron chi connectivity index (χ3n) is 4.11. The van der Waals surface area contributed by atoms with Gasteiger partial charge in [-0.2, -0.15) is 0 Å². The minimum atomic E-state index is 0.219. The van der Waals surface area contributed by atoms with Crippen LogP contribution in [0.5, 0.6) is 0 Å². The van der Waals surface area contributed by atoms with E-state index in [0.717, 1.165) is 29.6 Å². The molecule has 1 aliphatic rings. The summed E-state index contributed by atoms with van der Waals surface area (Å²) < 4.78 is 2.15. The van der Waals surface area contributed by atoms with Gasteiger partial charge in [0.2, 0.25) is 5.78 Å². The Morgan fingerprint density at radius 3 is 2.90 bits per heavy atom. The number of carbonyl (C=O) groups is 1. The third-order valence-corrected chi connectivity index (χ3v) is 4.11. The molecule has 1 aliphatic heterocycles. The molecule has 0 saturated heterocycles. The Hall–Kier alpha value is -1.83. The van der Waals surface area contributed by atoms with Crippen LogP contribution >= 0.6 is 0 Å². The number of nitrogens with zero attached hydrogens (tertiary/aromatic N) is 1. The van der Waals surface area contributed by atoms with Gasteiger partial charge >= 0.3 is 0 Å². The minimum Gasteiger partial charge on any atom is -0.333 e. The van der Waals surface area contributed by atoms with Gasteiger partial charge in [-0.05, 0) is 25.0 Å². The Bertz CT molecular complexity index is 663.